The van der Waals surface area contributed by atoms with Gasteiger partial charge in [0.15, 0.2) is 0 Å². The summed E-state index contributed by atoms with van der Waals surface area (Å²) in [5, 5.41) is 10.4. The van der Waals surface area contributed by atoms with Gasteiger partial charge in [-0.1, -0.05) is 42.5 Å². The molecule has 1 heteroatoms. The molecule has 0 heterocycles. The first-order valence-corrected chi connectivity index (χ1v) is 6.87. The molecule has 0 fully saturated rings. The van der Waals surface area contributed by atoms with Gasteiger partial charge in [-0.3, -0.25) is 0 Å². The lowest BCUT2D eigenvalue weighted by molar-refractivity contribution is 0.167. The van der Waals surface area contributed by atoms with E-state index in [-0.39, 0.29) is 6.10 Å². The van der Waals surface area contributed by atoms with Crippen LogP contribution < -0.4 is 0 Å². The number of aliphatic hydroxyl groups excluding tert-OH is 1. The van der Waals surface area contributed by atoms with E-state index in [1.165, 1.54) is 22.3 Å². The fourth-order valence-corrected chi connectivity index (χ4v) is 2.45. The first-order valence-electron chi connectivity index (χ1n) is 6.87. The molecule has 0 aromatic heterocycles. The Labute approximate surface area is 115 Å². The van der Waals surface area contributed by atoms with Crippen LogP contribution in [0.5, 0.6) is 0 Å². The average Bonchev–Trinajstić information content (AvgIpc) is 2.41. The lowest BCUT2D eigenvalue weighted by atomic mass is 9.94. The summed E-state index contributed by atoms with van der Waals surface area (Å²) in [6, 6.07) is 14.6. The predicted octanol–water partition coefficient (Wildman–Crippen LogP) is 4.28. The third-order valence-corrected chi connectivity index (χ3v) is 3.79. The van der Waals surface area contributed by atoms with Crippen molar-refractivity contribution in [2.75, 3.05) is 0 Å². The number of rotatable bonds is 4. The average molecular weight is 254 g/mol. The van der Waals surface area contributed by atoms with Crippen molar-refractivity contribution in [3.8, 4) is 0 Å². The highest BCUT2D eigenvalue weighted by Gasteiger charge is 2.11. The fourth-order valence-electron chi connectivity index (χ4n) is 2.45. The van der Waals surface area contributed by atoms with Crippen molar-refractivity contribution in [2.45, 2.75) is 39.7 Å². The molecule has 19 heavy (non-hydrogen) atoms. The van der Waals surface area contributed by atoms with E-state index in [2.05, 4.69) is 45.0 Å². The van der Waals surface area contributed by atoms with Gasteiger partial charge in [-0.15, -0.1) is 0 Å². The summed E-state index contributed by atoms with van der Waals surface area (Å²) in [7, 11) is 0. The monoisotopic (exact) mass is 254 g/mol. The van der Waals surface area contributed by atoms with Crippen LogP contribution in [0.2, 0.25) is 0 Å². The molecule has 2 aromatic carbocycles. The number of aliphatic hydroxyl groups is 1. The van der Waals surface area contributed by atoms with Crippen molar-refractivity contribution in [1.29, 1.82) is 0 Å². The molecule has 0 radical (unpaired) electrons. The van der Waals surface area contributed by atoms with Gasteiger partial charge in [0, 0.05) is 0 Å². The van der Waals surface area contributed by atoms with Crippen LogP contribution in [0.4, 0.5) is 0 Å². The van der Waals surface area contributed by atoms with E-state index in [0.29, 0.717) is 0 Å². The van der Waals surface area contributed by atoms with E-state index in [1.807, 2.05) is 18.2 Å². The van der Waals surface area contributed by atoms with Crippen LogP contribution in [0, 0.1) is 20.8 Å². The maximum absolute atomic E-state index is 10.4. The normalized spacial score (nSPS) is 12.4. The largest absolute Gasteiger partial charge is 0.388 e. The highest BCUT2D eigenvalue weighted by atomic mass is 16.3. The molecule has 1 nitrogen and oxygen atoms in total. The maximum atomic E-state index is 10.4. The van der Waals surface area contributed by atoms with Crippen LogP contribution in [-0.4, -0.2) is 5.11 Å². The second-order valence-corrected chi connectivity index (χ2v) is 5.33. The Bertz CT molecular complexity index is 543. The molecular weight excluding hydrogens is 232 g/mol. The summed E-state index contributed by atoms with van der Waals surface area (Å²) in [5.41, 5.74) is 6.07. The van der Waals surface area contributed by atoms with Crippen LogP contribution in [0.3, 0.4) is 0 Å². The minimum Gasteiger partial charge on any atom is -0.388 e. The molecule has 1 atom stereocenters. The SMILES string of the molecule is Cc1cc(C)c(C(O)CCc2ccccc2)cc1C. The van der Waals surface area contributed by atoms with E-state index < -0.39 is 0 Å². The van der Waals surface area contributed by atoms with Gasteiger partial charge in [-0.2, -0.15) is 0 Å². The summed E-state index contributed by atoms with van der Waals surface area (Å²) in [6.45, 7) is 6.29. The quantitative estimate of drug-likeness (QED) is 0.863. The van der Waals surface area contributed by atoms with Crippen LogP contribution in [0.1, 0.15) is 40.3 Å². The molecule has 2 aromatic rings. The van der Waals surface area contributed by atoms with Crippen LogP contribution in [-0.2, 0) is 6.42 Å². The maximum Gasteiger partial charge on any atom is 0.0795 e. The summed E-state index contributed by atoms with van der Waals surface area (Å²) in [4.78, 5) is 0. The third kappa shape index (κ3) is 3.45. The van der Waals surface area contributed by atoms with Crippen molar-refractivity contribution < 1.29 is 5.11 Å². The zero-order valence-electron chi connectivity index (χ0n) is 12.0. The van der Waals surface area contributed by atoms with Crippen molar-refractivity contribution in [3.05, 3.63) is 70.3 Å². The lowest BCUT2D eigenvalue weighted by Gasteiger charge is -2.16. The second-order valence-electron chi connectivity index (χ2n) is 5.33. The van der Waals surface area contributed by atoms with Crippen molar-refractivity contribution >= 4 is 0 Å². The first kappa shape index (κ1) is 13.8. The van der Waals surface area contributed by atoms with Crippen LogP contribution in [0.15, 0.2) is 42.5 Å². The summed E-state index contributed by atoms with van der Waals surface area (Å²) in [6.07, 6.45) is 1.31. The van der Waals surface area contributed by atoms with Crippen molar-refractivity contribution in [3.63, 3.8) is 0 Å². The molecule has 0 aliphatic carbocycles. The summed E-state index contributed by atoms with van der Waals surface area (Å²) < 4.78 is 0. The standard InChI is InChI=1S/C18H22O/c1-13-11-15(3)17(12-14(13)2)18(19)10-9-16-7-5-4-6-8-16/h4-8,11-12,18-19H,9-10H2,1-3H3. The zero-order valence-corrected chi connectivity index (χ0v) is 12.0. The van der Waals surface area contributed by atoms with Gasteiger partial charge in [0.1, 0.15) is 0 Å². The Kier molecular flexibility index (Phi) is 4.39. The number of hydrogen-bond acceptors (Lipinski definition) is 1. The van der Waals surface area contributed by atoms with Crippen LogP contribution in [0.25, 0.3) is 0 Å². The van der Waals surface area contributed by atoms with Gasteiger partial charge < -0.3 is 5.11 Å². The Hall–Kier alpha value is -1.60. The first-order chi connectivity index (χ1) is 9.08. The molecule has 0 bridgehead atoms. The van der Waals surface area contributed by atoms with E-state index in [4.69, 9.17) is 0 Å². The molecule has 2 rings (SSSR count). The Morgan fingerprint density at radius 1 is 0.895 bits per heavy atom. The molecule has 1 N–H and O–H groups in total. The molecule has 0 aliphatic heterocycles. The molecule has 0 aliphatic rings. The summed E-state index contributed by atoms with van der Waals surface area (Å²) >= 11 is 0. The van der Waals surface area contributed by atoms with Crippen molar-refractivity contribution in [2.24, 2.45) is 0 Å². The van der Waals surface area contributed by atoms with E-state index in [0.717, 1.165) is 18.4 Å². The zero-order chi connectivity index (χ0) is 13.8. The van der Waals surface area contributed by atoms with Gasteiger partial charge in [0.05, 0.1) is 6.10 Å². The third-order valence-electron chi connectivity index (χ3n) is 3.79. The van der Waals surface area contributed by atoms with E-state index >= 15 is 0 Å². The van der Waals surface area contributed by atoms with Crippen molar-refractivity contribution in [1.82, 2.24) is 0 Å². The van der Waals surface area contributed by atoms with Gasteiger partial charge in [0.2, 0.25) is 0 Å². The molecule has 0 amide bonds. The van der Waals surface area contributed by atoms with Gasteiger partial charge in [0.25, 0.3) is 0 Å². The Morgan fingerprint density at radius 2 is 1.53 bits per heavy atom. The fraction of sp³-hybridized carbons (Fsp3) is 0.333. The molecule has 0 spiro atoms. The molecule has 0 saturated carbocycles. The predicted molar refractivity (Wildman–Crippen MR) is 80.4 cm³/mol. The Morgan fingerprint density at radius 3 is 2.21 bits per heavy atom. The summed E-state index contributed by atoms with van der Waals surface area (Å²) in [5.74, 6) is 0. The highest BCUT2D eigenvalue weighted by Crippen LogP contribution is 2.25. The smallest absolute Gasteiger partial charge is 0.0795 e. The number of benzene rings is 2. The topological polar surface area (TPSA) is 20.2 Å². The van der Waals surface area contributed by atoms with Gasteiger partial charge in [-0.05, 0) is 61.4 Å². The molecule has 1 unspecified atom stereocenters. The van der Waals surface area contributed by atoms with E-state index in [9.17, 15) is 5.11 Å². The highest BCUT2D eigenvalue weighted by molar-refractivity contribution is 5.37. The molecule has 0 saturated heterocycles. The van der Waals surface area contributed by atoms with Crippen LogP contribution >= 0.6 is 0 Å². The molecular formula is C18H22O. The lowest BCUT2D eigenvalue weighted by Crippen LogP contribution is -2.03. The van der Waals surface area contributed by atoms with Gasteiger partial charge >= 0.3 is 0 Å². The van der Waals surface area contributed by atoms with E-state index in [1.54, 1.807) is 0 Å². The van der Waals surface area contributed by atoms with Gasteiger partial charge in [-0.25, -0.2) is 0 Å². The molecule has 100 valence electrons. The Balaban J connectivity index is 2.08. The minimum atomic E-state index is -0.375. The number of aryl methyl sites for hydroxylation is 4. The number of hydrogen-bond donors (Lipinski definition) is 1. The minimum absolute atomic E-state index is 0.375. The second kappa shape index (κ2) is 6.03.